The van der Waals surface area contributed by atoms with Crippen LogP contribution in [0.15, 0.2) is 91.3 Å². The number of carbonyl (C=O) groups excluding carboxylic acids is 1. The minimum absolute atomic E-state index is 0.217. The molecule has 0 aliphatic rings. The lowest BCUT2D eigenvalue weighted by Gasteiger charge is -2.25. The lowest BCUT2D eigenvalue weighted by molar-refractivity contribution is 0.0953. The number of benzene rings is 3. The van der Waals surface area contributed by atoms with E-state index in [1.165, 1.54) is 11.0 Å². The number of aromatic nitrogens is 4. The van der Waals surface area contributed by atoms with Crippen LogP contribution in [0.3, 0.4) is 0 Å². The molecule has 0 unspecified atom stereocenters. The normalized spacial score (nSPS) is 10.4. The largest absolute Gasteiger partial charge is 0.270 e. The third kappa shape index (κ3) is 3.67. The Bertz CT molecular complexity index is 962. The topological polar surface area (TPSA) is 75.9 Å². The van der Waals surface area contributed by atoms with Crippen molar-refractivity contribution in [2.24, 2.45) is 0 Å². The Morgan fingerprint density at radius 1 is 0.815 bits per heavy atom. The highest BCUT2D eigenvalue weighted by Crippen LogP contribution is 2.23. The van der Waals surface area contributed by atoms with E-state index in [2.05, 4.69) is 21.0 Å². The molecule has 3 aromatic carbocycles. The van der Waals surface area contributed by atoms with E-state index in [4.69, 9.17) is 0 Å². The molecule has 0 saturated heterocycles. The number of para-hydroxylation sites is 2. The van der Waals surface area contributed by atoms with E-state index in [1.807, 2.05) is 60.7 Å². The van der Waals surface area contributed by atoms with Crippen LogP contribution in [-0.4, -0.2) is 26.1 Å². The minimum atomic E-state index is -0.217. The highest BCUT2D eigenvalue weighted by molar-refractivity contribution is 5.96. The maximum Gasteiger partial charge on any atom is 0.270 e. The van der Waals surface area contributed by atoms with Gasteiger partial charge in [-0.1, -0.05) is 36.4 Å². The summed E-state index contributed by atoms with van der Waals surface area (Å²) >= 11 is 0. The fraction of sp³-hybridized carbons (Fsp3) is 0. The fourth-order valence-electron chi connectivity index (χ4n) is 2.64. The summed E-state index contributed by atoms with van der Waals surface area (Å²) in [6.07, 6.45) is 1.50. The number of nitrogens with one attached hydrogen (secondary N) is 1. The quantitative estimate of drug-likeness (QED) is 0.556. The zero-order valence-corrected chi connectivity index (χ0v) is 14.3. The molecule has 0 fully saturated rings. The molecule has 1 aromatic heterocycles. The second kappa shape index (κ2) is 7.49. The molecular weight excluding hydrogens is 340 g/mol. The highest BCUT2D eigenvalue weighted by atomic mass is 16.2. The molecule has 1 heterocycles. The summed E-state index contributed by atoms with van der Waals surface area (Å²) in [7, 11) is 0. The molecular formula is C20H16N6O. The molecule has 0 bridgehead atoms. The van der Waals surface area contributed by atoms with E-state index < -0.39 is 0 Å². The fourth-order valence-corrected chi connectivity index (χ4v) is 2.64. The van der Waals surface area contributed by atoms with Gasteiger partial charge in [-0.15, -0.1) is 5.10 Å². The van der Waals surface area contributed by atoms with Crippen molar-refractivity contribution in [1.29, 1.82) is 0 Å². The van der Waals surface area contributed by atoms with E-state index >= 15 is 0 Å². The van der Waals surface area contributed by atoms with Gasteiger partial charge in [0.05, 0.1) is 17.1 Å². The van der Waals surface area contributed by atoms with E-state index in [0.29, 0.717) is 5.56 Å². The molecule has 0 saturated carbocycles. The Labute approximate surface area is 155 Å². The predicted octanol–water partition coefficient (Wildman–Crippen LogP) is 3.15. The molecule has 1 N–H and O–H groups in total. The van der Waals surface area contributed by atoms with Crippen molar-refractivity contribution in [1.82, 2.24) is 25.6 Å². The smallest absolute Gasteiger partial charge is 0.267 e. The molecule has 0 aliphatic carbocycles. The average molecular weight is 356 g/mol. The summed E-state index contributed by atoms with van der Waals surface area (Å²) in [5.41, 5.74) is 6.00. The molecule has 4 aromatic rings. The number of hydrogen-bond donors (Lipinski definition) is 1. The van der Waals surface area contributed by atoms with Gasteiger partial charge >= 0.3 is 0 Å². The van der Waals surface area contributed by atoms with Gasteiger partial charge in [-0.3, -0.25) is 15.2 Å². The Morgan fingerprint density at radius 3 is 1.93 bits per heavy atom. The first kappa shape index (κ1) is 16.5. The number of tetrazole rings is 1. The summed E-state index contributed by atoms with van der Waals surface area (Å²) in [6.45, 7) is 0. The molecule has 7 heteroatoms. The average Bonchev–Trinajstić information content (AvgIpc) is 3.28. The summed E-state index contributed by atoms with van der Waals surface area (Å²) < 4.78 is 1.53. The van der Waals surface area contributed by atoms with Crippen LogP contribution in [0.1, 0.15) is 10.4 Å². The first-order valence-corrected chi connectivity index (χ1v) is 8.36. The van der Waals surface area contributed by atoms with Gasteiger partial charge in [-0.2, -0.15) is 0 Å². The molecule has 0 spiro atoms. The third-order valence-corrected chi connectivity index (χ3v) is 3.99. The van der Waals surface area contributed by atoms with Gasteiger partial charge in [0, 0.05) is 5.56 Å². The van der Waals surface area contributed by atoms with Crippen LogP contribution in [0.25, 0.3) is 5.69 Å². The maximum atomic E-state index is 12.8. The van der Waals surface area contributed by atoms with Crippen molar-refractivity contribution < 1.29 is 4.79 Å². The second-order valence-electron chi connectivity index (χ2n) is 5.75. The monoisotopic (exact) mass is 356 g/mol. The van der Waals surface area contributed by atoms with E-state index in [0.717, 1.165) is 17.1 Å². The van der Waals surface area contributed by atoms with Crippen molar-refractivity contribution in [2.45, 2.75) is 0 Å². The number of nitrogens with zero attached hydrogens (tertiary/aromatic N) is 5. The van der Waals surface area contributed by atoms with Crippen molar-refractivity contribution in [3.05, 3.63) is 96.8 Å². The Kier molecular flexibility index (Phi) is 4.57. The lowest BCUT2D eigenvalue weighted by Crippen LogP contribution is -2.38. The first-order valence-electron chi connectivity index (χ1n) is 8.36. The first-order chi connectivity index (χ1) is 13.3. The molecule has 0 atom stereocenters. The second-order valence-corrected chi connectivity index (χ2v) is 5.75. The summed E-state index contributed by atoms with van der Waals surface area (Å²) in [6, 6.07) is 26.4. The van der Waals surface area contributed by atoms with Crippen molar-refractivity contribution >= 4 is 17.3 Å². The van der Waals surface area contributed by atoms with Crippen LogP contribution in [-0.2, 0) is 0 Å². The number of hydrogen-bond acceptors (Lipinski definition) is 5. The molecule has 0 radical (unpaired) electrons. The van der Waals surface area contributed by atoms with Crippen molar-refractivity contribution in [2.75, 3.05) is 5.01 Å². The lowest BCUT2D eigenvalue weighted by atomic mass is 10.2. The molecule has 4 rings (SSSR count). The highest BCUT2D eigenvalue weighted by Gasteiger charge is 2.14. The van der Waals surface area contributed by atoms with Crippen LogP contribution in [0.2, 0.25) is 0 Å². The molecule has 27 heavy (non-hydrogen) atoms. The maximum absolute atomic E-state index is 12.8. The van der Waals surface area contributed by atoms with E-state index in [-0.39, 0.29) is 5.91 Å². The van der Waals surface area contributed by atoms with Gasteiger partial charge in [0.25, 0.3) is 5.91 Å². The Morgan fingerprint density at radius 2 is 1.41 bits per heavy atom. The van der Waals surface area contributed by atoms with Gasteiger partial charge in [-0.25, -0.2) is 4.68 Å². The number of amides is 1. The number of rotatable bonds is 5. The van der Waals surface area contributed by atoms with Crippen LogP contribution >= 0.6 is 0 Å². The van der Waals surface area contributed by atoms with Gasteiger partial charge in [-0.05, 0) is 59.0 Å². The Balaban J connectivity index is 1.58. The third-order valence-electron chi connectivity index (χ3n) is 3.99. The molecule has 132 valence electrons. The van der Waals surface area contributed by atoms with Crippen molar-refractivity contribution in [3.63, 3.8) is 0 Å². The van der Waals surface area contributed by atoms with Crippen LogP contribution in [0, 0.1) is 0 Å². The van der Waals surface area contributed by atoms with Crippen molar-refractivity contribution in [3.8, 4) is 5.69 Å². The van der Waals surface area contributed by atoms with Crippen LogP contribution in [0.5, 0.6) is 0 Å². The predicted molar refractivity (Wildman–Crippen MR) is 102 cm³/mol. The Hall–Kier alpha value is -4.00. The standard InChI is InChI=1S/C20H16N6O/c27-20(16-11-13-17(14-12-16)25-15-21-23-24-25)22-26(18-7-3-1-4-8-18)19-9-5-2-6-10-19/h1-15H,(H,22,27). The summed E-state index contributed by atoms with van der Waals surface area (Å²) in [5.74, 6) is -0.217. The molecule has 0 aliphatic heterocycles. The van der Waals surface area contributed by atoms with E-state index in [9.17, 15) is 4.79 Å². The van der Waals surface area contributed by atoms with Crippen LogP contribution in [0.4, 0.5) is 11.4 Å². The number of anilines is 2. The zero-order chi connectivity index (χ0) is 18.5. The SMILES string of the molecule is O=C(NN(c1ccccc1)c1ccccc1)c1ccc(-n2cnnn2)cc1. The van der Waals surface area contributed by atoms with Gasteiger partial charge in [0.1, 0.15) is 6.33 Å². The number of carbonyl (C=O) groups is 1. The number of hydrazine groups is 1. The summed E-state index contributed by atoms with van der Waals surface area (Å²) in [5, 5.41) is 12.8. The molecule has 7 nitrogen and oxygen atoms in total. The summed E-state index contributed by atoms with van der Waals surface area (Å²) in [4.78, 5) is 12.8. The van der Waals surface area contributed by atoms with Gasteiger partial charge in [0.2, 0.25) is 0 Å². The van der Waals surface area contributed by atoms with Gasteiger partial charge < -0.3 is 0 Å². The zero-order valence-electron chi connectivity index (χ0n) is 14.3. The van der Waals surface area contributed by atoms with Crippen LogP contribution < -0.4 is 10.4 Å². The minimum Gasteiger partial charge on any atom is -0.267 e. The molecule has 1 amide bonds. The van der Waals surface area contributed by atoms with E-state index in [1.54, 1.807) is 29.3 Å². The van der Waals surface area contributed by atoms with Gasteiger partial charge in [0.15, 0.2) is 0 Å².